The first-order valence-electron chi connectivity index (χ1n) is 4.78. The van der Waals surface area contributed by atoms with Crippen molar-refractivity contribution >= 4 is 6.29 Å². The minimum absolute atomic E-state index is 0.0506. The summed E-state index contributed by atoms with van der Waals surface area (Å²) in [6.07, 6.45) is 2.33. The molecule has 2 rings (SSSR count). The number of hydrogen-bond acceptors (Lipinski definition) is 2. The summed E-state index contributed by atoms with van der Waals surface area (Å²) in [6.45, 7) is 0.431. The van der Waals surface area contributed by atoms with Gasteiger partial charge >= 0.3 is 0 Å². The number of carbonyl (C=O) groups is 1. The lowest BCUT2D eigenvalue weighted by Gasteiger charge is -2.07. The summed E-state index contributed by atoms with van der Waals surface area (Å²) in [7, 11) is 0. The molecule has 0 amide bonds. The Morgan fingerprint density at radius 3 is 2.73 bits per heavy atom. The predicted octanol–water partition coefficient (Wildman–Crippen LogP) is 2.57. The van der Waals surface area contributed by atoms with Crippen LogP contribution in [0.5, 0.6) is 5.75 Å². The van der Waals surface area contributed by atoms with E-state index in [0.29, 0.717) is 12.5 Å². The van der Waals surface area contributed by atoms with Crippen LogP contribution in [-0.4, -0.2) is 12.9 Å². The van der Waals surface area contributed by atoms with Crippen molar-refractivity contribution in [3.05, 3.63) is 29.3 Å². The smallest absolute Gasteiger partial charge is 0.178 e. The fraction of sp³-hybridized carbons (Fsp3) is 0.364. The van der Waals surface area contributed by atoms with Crippen LogP contribution in [0.1, 0.15) is 23.2 Å². The van der Waals surface area contributed by atoms with Crippen molar-refractivity contribution in [2.75, 3.05) is 6.61 Å². The van der Waals surface area contributed by atoms with Crippen LogP contribution in [0, 0.1) is 17.6 Å². The number of halogens is 2. The number of carbonyl (C=O) groups excluding carboxylic acids is 1. The maximum Gasteiger partial charge on any atom is 0.178 e. The number of rotatable bonds is 4. The lowest BCUT2D eigenvalue weighted by Crippen LogP contribution is -2.03. The number of benzene rings is 1. The zero-order valence-corrected chi connectivity index (χ0v) is 8.00. The van der Waals surface area contributed by atoms with Gasteiger partial charge in [0.15, 0.2) is 17.9 Å². The molecule has 0 bridgehead atoms. The van der Waals surface area contributed by atoms with Crippen LogP contribution < -0.4 is 4.74 Å². The van der Waals surface area contributed by atoms with Gasteiger partial charge in [-0.3, -0.25) is 4.79 Å². The van der Waals surface area contributed by atoms with E-state index in [0.717, 1.165) is 18.9 Å². The van der Waals surface area contributed by atoms with Gasteiger partial charge in [-0.05, 0) is 30.9 Å². The normalized spacial score (nSPS) is 15.1. The van der Waals surface area contributed by atoms with Gasteiger partial charge in [-0.15, -0.1) is 0 Å². The molecule has 0 atom stereocenters. The molecule has 1 aliphatic rings. The molecule has 0 N–H and O–H groups in total. The minimum atomic E-state index is -0.911. The van der Waals surface area contributed by atoms with Crippen LogP contribution in [0.15, 0.2) is 12.1 Å². The monoisotopic (exact) mass is 212 g/mol. The van der Waals surface area contributed by atoms with Crippen LogP contribution in [0.4, 0.5) is 8.78 Å². The summed E-state index contributed by atoms with van der Waals surface area (Å²) < 4.78 is 31.5. The summed E-state index contributed by atoms with van der Waals surface area (Å²) in [5.74, 6) is -1.34. The predicted molar refractivity (Wildman–Crippen MR) is 50.0 cm³/mol. The third-order valence-electron chi connectivity index (χ3n) is 2.38. The first-order valence-corrected chi connectivity index (χ1v) is 4.78. The largest absolute Gasteiger partial charge is 0.490 e. The van der Waals surface area contributed by atoms with Gasteiger partial charge in [0.1, 0.15) is 5.82 Å². The average molecular weight is 212 g/mol. The zero-order valence-electron chi connectivity index (χ0n) is 8.00. The molecule has 0 aromatic heterocycles. The van der Waals surface area contributed by atoms with E-state index < -0.39 is 17.2 Å². The van der Waals surface area contributed by atoms with Gasteiger partial charge in [-0.2, -0.15) is 0 Å². The van der Waals surface area contributed by atoms with Gasteiger partial charge in [0.2, 0.25) is 0 Å². The van der Waals surface area contributed by atoms with E-state index >= 15 is 0 Å². The molecule has 0 unspecified atom stereocenters. The van der Waals surface area contributed by atoms with Crippen molar-refractivity contribution in [2.24, 2.45) is 5.92 Å². The summed E-state index contributed by atoms with van der Waals surface area (Å²) in [5.41, 5.74) is -0.566. The topological polar surface area (TPSA) is 26.3 Å². The van der Waals surface area contributed by atoms with Gasteiger partial charge in [0, 0.05) is 0 Å². The zero-order chi connectivity index (χ0) is 10.8. The molecule has 0 spiro atoms. The standard InChI is InChI=1S/C11H10F2O2/c12-9-3-4-10(11(13)8(9)5-14)15-6-7-1-2-7/h3-5,7H,1-2,6H2. The highest BCUT2D eigenvalue weighted by atomic mass is 19.1. The van der Waals surface area contributed by atoms with E-state index in [4.69, 9.17) is 4.74 Å². The Labute approximate surface area is 85.9 Å². The fourth-order valence-corrected chi connectivity index (χ4v) is 1.26. The molecule has 1 saturated carbocycles. The van der Waals surface area contributed by atoms with Crippen molar-refractivity contribution in [2.45, 2.75) is 12.8 Å². The fourth-order valence-electron chi connectivity index (χ4n) is 1.26. The first kappa shape index (κ1) is 10.1. The molecule has 0 heterocycles. The van der Waals surface area contributed by atoms with Crippen molar-refractivity contribution in [1.29, 1.82) is 0 Å². The molecule has 0 radical (unpaired) electrons. The van der Waals surface area contributed by atoms with Gasteiger partial charge in [0.05, 0.1) is 12.2 Å². The van der Waals surface area contributed by atoms with Gasteiger partial charge < -0.3 is 4.74 Å². The highest BCUT2D eigenvalue weighted by molar-refractivity contribution is 5.76. The lowest BCUT2D eigenvalue weighted by atomic mass is 10.2. The third kappa shape index (κ3) is 2.14. The molecule has 0 saturated heterocycles. The van der Waals surface area contributed by atoms with Gasteiger partial charge in [-0.25, -0.2) is 8.78 Å². The molecule has 1 aromatic carbocycles. The highest BCUT2D eigenvalue weighted by Gasteiger charge is 2.23. The second-order valence-corrected chi connectivity index (χ2v) is 3.65. The molecule has 1 aromatic rings. The number of aldehydes is 1. The Kier molecular flexibility index (Phi) is 2.66. The second kappa shape index (κ2) is 3.96. The quantitative estimate of drug-likeness (QED) is 0.717. The van der Waals surface area contributed by atoms with Gasteiger partial charge in [0.25, 0.3) is 0 Å². The van der Waals surface area contributed by atoms with E-state index in [1.54, 1.807) is 0 Å². The molecular formula is C11H10F2O2. The minimum Gasteiger partial charge on any atom is -0.490 e. The molecule has 1 aliphatic carbocycles. The Hall–Kier alpha value is -1.45. The van der Waals surface area contributed by atoms with Crippen molar-refractivity contribution in [3.8, 4) is 5.75 Å². The summed E-state index contributed by atoms with van der Waals surface area (Å²) >= 11 is 0. The van der Waals surface area contributed by atoms with Crippen LogP contribution >= 0.6 is 0 Å². The summed E-state index contributed by atoms with van der Waals surface area (Å²) in [6, 6.07) is 2.25. The SMILES string of the molecule is O=Cc1c(F)ccc(OCC2CC2)c1F. The Balaban J connectivity index is 2.18. The number of hydrogen-bond donors (Lipinski definition) is 0. The first-order chi connectivity index (χ1) is 7.22. The van der Waals surface area contributed by atoms with E-state index in [1.165, 1.54) is 6.07 Å². The molecular weight excluding hydrogens is 202 g/mol. The average Bonchev–Trinajstić information content (AvgIpc) is 3.01. The summed E-state index contributed by atoms with van der Waals surface area (Å²) in [4.78, 5) is 10.4. The maximum atomic E-state index is 13.4. The third-order valence-corrected chi connectivity index (χ3v) is 2.38. The maximum absolute atomic E-state index is 13.4. The molecule has 2 nitrogen and oxygen atoms in total. The molecule has 0 aliphatic heterocycles. The van der Waals surface area contributed by atoms with Gasteiger partial charge in [-0.1, -0.05) is 0 Å². The lowest BCUT2D eigenvalue weighted by molar-refractivity contribution is 0.111. The molecule has 15 heavy (non-hydrogen) atoms. The highest BCUT2D eigenvalue weighted by Crippen LogP contribution is 2.30. The van der Waals surface area contributed by atoms with Crippen LogP contribution in [0.25, 0.3) is 0 Å². The second-order valence-electron chi connectivity index (χ2n) is 3.65. The Morgan fingerprint density at radius 2 is 2.13 bits per heavy atom. The molecule has 1 fully saturated rings. The molecule has 80 valence electrons. The molecule has 4 heteroatoms. The van der Waals surface area contributed by atoms with Crippen molar-refractivity contribution in [3.63, 3.8) is 0 Å². The van der Waals surface area contributed by atoms with Crippen molar-refractivity contribution < 1.29 is 18.3 Å². The number of ether oxygens (including phenoxy) is 1. The van der Waals surface area contributed by atoms with Crippen LogP contribution in [-0.2, 0) is 0 Å². The Bertz CT molecular complexity index is 386. The van der Waals surface area contributed by atoms with Crippen LogP contribution in [0.2, 0.25) is 0 Å². The summed E-state index contributed by atoms with van der Waals surface area (Å²) in [5, 5.41) is 0. The van der Waals surface area contributed by atoms with E-state index in [-0.39, 0.29) is 12.0 Å². The van der Waals surface area contributed by atoms with E-state index in [2.05, 4.69) is 0 Å². The van der Waals surface area contributed by atoms with Crippen LogP contribution in [0.3, 0.4) is 0 Å². The Morgan fingerprint density at radius 1 is 1.40 bits per heavy atom. The van der Waals surface area contributed by atoms with E-state index in [9.17, 15) is 13.6 Å². The van der Waals surface area contributed by atoms with Crippen molar-refractivity contribution in [1.82, 2.24) is 0 Å². The van der Waals surface area contributed by atoms with E-state index in [1.807, 2.05) is 0 Å².